The summed E-state index contributed by atoms with van der Waals surface area (Å²) in [6.45, 7) is 1.39. The first-order valence-corrected chi connectivity index (χ1v) is 5.95. The zero-order valence-electron chi connectivity index (χ0n) is 10.1. The molecule has 1 aromatic heterocycles. The van der Waals surface area contributed by atoms with Gasteiger partial charge in [0.25, 0.3) is 5.91 Å². The van der Waals surface area contributed by atoms with Crippen LogP contribution >= 0.6 is 11.6 Å². The number of carboxylic acid groups (broad SMARTS) is 1. The molecule has 1 heterocycles. The lowest BCUT2D eigenvalue weighted by Crippen LogP contribution is -2.38. The summed E-state index contributed by atoms with van der Waals surface area (Å²) in [4.78, 5) is 26.7. The number of fused-ring (bicyclic) bond motifs is 1. The van der Waals surface area contributed by atoms with E-state index in [9.17, 15) is 9.59 Å². The largest absolute Gasteiger partial charge is 0.480 e. The van der Waals surface area contributed by atoms with Crippen LogP contribution in [0.1, 0.15) is 17.3 Å². The minimum absolute atomic E-state index is 0.299. The average Bonchev–Trinajstić information content (AvgIpc) is 2.39. The first kappa shape index (κ1) is 13.3. The van der Waals surface area contributed by atoms with Crippen LogP contribution < -0.4 is 5.32 Å². The summed E-state index contributed by atoms with van der Waals surface area (Å²) < 4.78 is 0. The van der Waals surface area contributed by atoms with Gasteiger partial charge in [0.2, 0.25) is 0 Å². The van der Waals surface area contributed by atoms with Crippen LogP contribution in [0.25, 0.3) is 10.8 Å². The van der Waals surface area contributed by atoms with Crippen molar-refractivity contribution in [1.29, 1.82) is 0 Å². The third-order valence-electron chi connectivity index (χ3n) is 2.71. The normalized spacial score (nSPS) is 12.1. The van der Waals surface area contributed by atoms with Crippen LogP contribution in [0.2, 0.25) is 5.15 Å². The van der Waals surface area contributed by atoms with Gasteiger partial charge in [-0.2, -0.15) is 0 Å². The smallest absolute Gasteiger partial charge is 0.325 e. The van der Waals surface area contributed by atoms with Crippen LogP contribution in [0.5, 0.6) is 0 Å². The maximum Gasteiger partial charge on any atom is 0.325 e. The zero-order chi connectivity index (χ0) is 14.0. The minimum atomic E-state index is -1.10. The molecule has 1 unspecified atom stereocenters. The molecule has 0 radical (unpaired) electrons. The predicted molar refractivity (Wildman–Crippen MR) is 71.3 cm³/mol. The molecule has 0 saturated carbocycles. The van der Waals surface area contributed by atoms with E-state index in [1.54, 1.807) is 24.3 Å². The molecule has 0 fully saturated rings. The van der Waals surface area contributed by atoms with Crippen molar-refractivity contribution >= 4 is 34.2 Å². The highest BCUT2D eigenvalue weighted by Crippen LogP contribution is 2.24. The van der Waals surface area contributed by atoms with Gasteiger partial charge in [-0.3, -0.25) is 9.59 Å². The molecule has 0 spiro atoms. The Morgan fingerprint density at radius 1 is 1.32 bits per heavy atom. The van der Waals surface area contributed by atoms with Crippen LogP contribution in [0, 0.1) is 0 Å². The molecule has 0 aliphatic rings. The highest BCUT2D eigenvalue weighted by Gasteiger charge is 2.18. The van der Waals surface area contributed by atoms with E-state index in [0.717, 1.165) is 0 Å². The monoisotopic (exact) mass is 278 g/mol. The number of halogens is 1. The number of aromatic nitrogens is 1. The van der Waals surface area contributed by atoms with Gasteiger partial charge in [-0.25, -0.2) is 4.98 Å². The molecule has 0 aliphatic heterocycles. The summed E-state index contributed by atoms with van der Waals surface area (Å²) in [7, 11) is 0. The molecule has 1 amide bonds. The van der Waals surface area contributed by atoms with E-state index in [1.807, 2.05) is 0 Å². The Morgan fingerprint density at radius 2 is 1.95 bits per heavy atom. The fourth-order valence-corrected chi connectivity index (χ4v) is 1.89. The Morgan fingerprint density at radius 3 is 2.58 bits per heavy atom. The Kier molecular flexibility index (Phi) is 3.66. The molecule has 19 heavy (non-hydrogen) atoms. The van der Waals surface area contributed by atoms with Gasteiger partial charge in [0.1, 0.15) is 11.2 Å². The van der Waals surface area contributed by atoms with E-state index >= 15 is 0 Å². The van der Waals surface area contributed by atoms with E-state index in [4.69, 9.17) is 16.7 Å². The SMILES string of the molecule is CC(NC(=O)c1cnc(Cl)c2ccccc12)C(=O)O. The molecular formula is C13H11ClN2O3. The molecule has 0 bridgehead atoms. The van der Waals surface area contributed by atoms with Gasteiger partial charge in [-0.1, -0.05) is 35.9 Å². The molecule has 1 aromatic carbocycles. The van der Waals surface area contributed by atoms with E-state index < -0.39 is 17.9 Å². The van der Waals surface area contributed by atoms with E-state index in [2.05, 4.69) is 10.3 Å². The molecular weight excluding hydrogens is 268 g/mol. The number of rotatable bonds is 3. The van der Waals surface area contributed by atoms with Crippen molar-refractivity contribution in [2.75, 3.05) is 0 Å². The van der Waals surface area contributed by atoms with Crippen molar-refractivity contribution in [3.8, 4) is 0 Å². The summed E-state index contributed by atoms with van der Waals surface area (Å²) in [5, 5.41) is 12.8. The van der Waals surface area contributed by atoms with Gasteiger partial charge < -0.3 is 10.4 Å². The molecule has 6 heteroatoms. The van der Waals surface area contributed by atoms with Gasteiger partial charge in [-0.05, 0) is 12.3 Å². The Hall–Kier alpha value is -2.14. The van der Waals surface area contributed by atoms with Gasteiger partial charge in [0.15, 0.2) is 0 Å². The molecule has 2 N–H and O–H groups in total. The second kappa shape index (κ2) is 5.24. The predicted octanol–water partition coefficient (Wildman–Crippen LogP) is 2.09. The molecule has 0 saturated heterocycles. The number of benzene rings is 1. The number of aliphatic carboxylic acids is 1. The number of pyridine rings is 1. The number of carbonyl (C=O) groups is 2. The highest BCUT2D eigenvalue weighted by molar-refractivity contribution is 6.34. The lowest BCUT2D eigenvalue weighted by Gasteiger charge is -2.11. The highest BCUT2D eigenvalue weighted by atomic mass is 35.5. The van der Waals surface area contributed by atoms with Crippen molar-refractivity contribution in [1.82, 2.24) is 10.3 Å². The average molecular weight is 279 g/mol. The number of carboxylic acids is 1. The number of hydrogen-bond acceptors (Lipinski definition) is 3. The van der Waals surface area contributed by atoms with Gasteiger partial charge >= 0.3 is 5.97 Å². The fraction of sp³-hybridized carbons (Fsp3) is 0.154. The lowest BCUT2D eigenvalue weighted by atomic mass is 10.1. The topological polar surface area (TPSA) is 79.3 Å². The van der Waals surface area contributed by atoms with Crippen molar-refractivity contribution in [2.45, 2.75) is 13.0 Å². The van der Waals surface area contributed by atoms with Crippen molar-refractivity contribution in [3.63, 3.8) is 0 Å². The number of carbonyl (C=O) groups excluding carboxylic acids is 1. The Bertz CT molecular complexity index is 657. The van der Waals surface area contributed by atoms with Crippen molar-refractivity contribution in [3.05, 3.63) is 41.2 Å². The minimum Gasteiger partial charge on any atom is -0.480 e. The second-order valence-electron chi connectivity index (χ2n) is 4.04. The molecule has 1 atom stereocenters. The van der Waals surface area contributed by atoms with Crippen molar-refractivity contribution in [2.24, 2.45) is 0 Å². The van der Waals surface area contributed by atoms with Crippen LogP contribution in [0.3, 0.4) is 0 Å². The Balaban J connectivity index is 2.43. The zero-order valence-corrected chi connectivity index (χ0v) is 10.8. The summed E-state index contributed by atoms with van der Waals surface area (Å²) in [6.07, 6.45) is 1.34. The lowest BCUT2D eigenvalue weighted by molar-refractivity contribution is -0.138. The maximum absolute atomic E-state index is 12.0. The summed E-state index contributed by atoms with van der Waals surface area (Å²) >= 11 is 5.95. The van der Waals surface area contributed by atoms with E-state index in [0.29, 0.717) is 21.5 Å². The molecule has 98 valence electrons. The first-order valence-electron chi connectivity index (χ1n) is 5.57. The van der Waals surface area contributed by atoms with Gasteiger partial charge in [0.05, 0.1) is 5.56 Å². The van der Waals surface area contributed by atoms with E-state index in [1.165, 1.54) is 13.1 Å². The summed E-state index contributed by atoms with van der Waals surface area (Å²) in [5.41, 5.74) is 0.299. The van der Waals surface area contributed by atoms with Crippen LogP contribution in [0.4, 0.5) is 0 Å². The third-order valence-corrected chi connectivity index (χ3v) is 3.01. The molecule has 0 aliphatic carbocycles. The van der Waals surface area contributed by atoms with Gasteiger partial charge in [-0.15, -0.1) is 0 Å². The quantitative estimate of drug-likeness (QED) is 0.843. The molecule has 5 nitrogen and oxygen atoms in total. The van der Waals surface area contributed by atoms with Crippen molar-refractivity contribution < 1.29 is 14.7 Å². The fourth-order valence-electron chi connectivity index (χ4n) is 1.68. The summed E-state index contributed by atoms with van der Waals surface area (Å²) in [6, 6.07) is 6.08. The number of hydrogen-bond donors (Lipinski definition) is 2. The third kappa shape index (κ3) is 2.66. The maximum atomic E-state index is 12.0. The molecule has 2 rings (SSSR count). The standard InChI is InChI=1S/C13H11ClN2O3/c1-7(13(18)19)16-12(17)10-6-15-11(14)9-5-3-2-4-8(9)10/h2-7H,1H3,(H,16,17)(H,18,19). The first-order chi connectivity index (χ1) is 9.00. The number of nitrogens with zero attached hydrogens (tertiary/aromatic N) is 1. The molecule has 2 aromatic rings. The Labute approximate surface area is 114 Å². The van der Waals surface area contributed by atoms with Crippen LogP contribution in [0.15, 0.2) is 30.5 Å². The van der Waals surface area contributed by atoms with Gasteiger partial charge in [0, 0.05) is 11.6 Å². The van der Waals surface area contributed by atoms with E-state index in [-0.39, 0.29) is 0 Å². The van der Waals surface area contributed by atoms with Crippen LogP contribution in [-0.2, 0) is 4.79 Å². The number of amides is 1. The number of nitrogens with one attached hydrogen (secondary N) is 1. The second-order valence-corrected chi connectivity index (χ2v) is 4.40. The van der Waals surface area contributed by atoms with Crippen LogP contribution in [-0.4, -0.2) is 28.0 Å². The summed E-state index contributed by atoms with van der Waals surface area (Å²) in [5.74, 6) is -1.59.